The molecule has 3 aromatic rings. The van der Waals surface area contributed by atoms with Crippen molar-refractivity contribution in [2.24, 2.45) is 0 Å². The highest BCUT2D eigenvalue weighted by Gasteiger charge is 2.36. The molecule has 1 fully saturated rings. The molecule has 0 aliphatic carbocycles. The van der Waals surface area contributed by atoms with Crippen LogP contribution in [-0.2, 0) is 11.3 Å². The number of benzene rings is 2. The Kier molecular flexibility index (Phi) is 12.4. The molecule has 6 nitrogen and oxygen atoms in total. The molecule has 4 rings (SSSR count). The maximum absolute atomic E-state index is 13.2. The second-order valence-corrected chi connectivity index (χ2v) is 11.6. The van der Waals surface area contributed by atoms with Crippen molar-refractivity contribution in [1.82, 2.24) is 9.55 Å². The van der Waals surface area contributed by atoms with Gasteiger partial charge in [-0.1, -0.05) is 103 Å². The summed E-state index contributed by atoms with van der Waals surface area (Å²) in [6.07, 6.45) is 19.4. The number of amides is 1. The molecule has 1 atom stereocenters. The highest BCUT2D eigenvalue weighted by Crippen LogP contribution is 2.39. The van der Waals surface area contributed by atoms with Gasteiger partial charge in [0.1, 0.15) is 17.3 Å². The van der Waals surface area contributed by atoms with Gasteiger partial charge in [0.05, 0.1) is 30.9 Å². The van der Waals surface area contributed by atoms with Crippen molar-refractivity contribution in [3.05, 3.63) is 48.3 Å². The highest BCUT2D eigenvalue weighted by molar-refractivity contribution is 5.98. The molecule has 1 aromatic heterocycles. The first-order chi connectivity index (χ1) is 20.2. The van der Waals surface area contributed by atoms with E-state index in [0.29, 0.717) is 24.5 Å². The Morgan fingerprint density at radius 1 is 0.805 bits per heavy atom. The van der Waals surface area contributed by atoms with Crippen molar-refractivity contribution < 1.29 is 14.3 Å². The van der Waals surface area contributed by atoms with E-state index in [-0.39, 0.29) is 11.8 Å². The Balaban J connectivity index is 1.28. The zero-order valence-corrected chi connectivity index (χ0v) is 25.7. The molecular formula is C35H51N3O3. The first-order valence-electron chi connectivity index (χ1n) is 16.1. The first-order valence-corrected chi connectivity index (χ1v) is 16.1. The molecule has 1 amide bonds. The molecule has 41 heavy (non-hydrogen) atoms. The van der Waals surface area contributed by atoms with Crippen molar-refractivity contribution in [2.45, 2.75) is 116 Å². The van der Waals surface area contributed by atoms with E-state index in [9.17, 15) is 4.79 Å². The van der Waals surface area contributed by atoms with Crippen molar-refractivity contribution >= 4 is 22.6 Å². The lowest BCUT2D eigenvalue weighted by molar-refractivity contribution is -0.117. The fourth-order valence-electron chi connectivity index (χ4n) is 6.23. The smallest absolute Gasteiger partial charge is 0.227 e. The van der Waals surface area contributed by atoms with E-state index in [1.54, 1.807) is 14.2 Å². The molecule has 6 heteroatoms. The second kappa shape index (κ2) is 16.4. The van der Waals surface area contributed by atoms with E-state index in [1.165, 1.54) is 89.0 Å². The average Bonchev–Trinajstić information content (AvgIpc) is 3.57. The summed E-state index contributed by atoms with van der Waals surface area (Å²) in [7, 11) is 3.28. The van der Waals surface area contributed by atoms with Gasteiger partial charge in [-0.25, -0.2) is 4.98 Å². The van der Waals surface area contributed by atoms with Gasteiger partial charge >= 0.3 is 0 Å². The van der Waals surface area contributed by atoms with Gasteiger partial charge in [0.15, 0.2) is 0 Å². The number of methoxy groups -OCH3 is 2. The Bertz CT molecular complexity index is 1220. The Morgan fingerprint density at radius 3 is 2.07 bits per heavy atom. The number of carbonyl (C=O) groups is 1. The maximum Gasteiger partial charge on any atom is 0.227 e. The number of aromatic nitrogens is 2. The second-order valence-electron chi connectivity index (χ2n) is 11.6. The van der Waals surface area contributed by atoms with Crippen LogP contribution in [0.3, 0.4) is 0 Å². The third kappa shape index (κ3) is 8.50. The number of ether oxygens (including phenoxy) is 2. The topological polar surface area (TPSA) is 56.6 Å². The van der Waals surface area contributed by atoms with Crippen molar-refractivity contribution in [3.8, 4) is 11.5 Å². The number of carbonyl (C=O) groups excluding carboxylic acids is 1. The van der Waals surface area contributed by atoms with Crippen molar-refractivity contribution in [2.75, 3.05) is 25.7 Å². The van der Waals surface area contributed by atoms with Crippen LogP contribution in [0.4, 0.5) is 5.69 Å². The van der Waals surface area contributed by atoms with Gasteiger partial charge in [-0.3, -0.25) is 4.79 Å². The van der Waals surface area contributed by atoms with E-state index in [4.69, 9.17) is 14.5 Å². The van der Waals surface area contributed by atoms with Gasteiger partial charge in [-0.2, -0.15) is 0 Å². The number of hydrogen-bond donors (Lipinski definition) is 0. The summed E-state index contributed by atoms with van der Waals surface area (Å²) in [5, 5.41) is 0. The monoisotopic (exact) mass is 561 g/mol. The summed E-state index contributed by atoms with van der Waals surface area (Å²) in [6.45, 7) is 3.82. The lowest BCUT2D eigenvalue weighted by atomic mass is 10.0. The van der Waals surface area contributed by atoms with Crippen molar-refractivity contribution in [1.29, 1.82) is 0 Å². The van der Waals surface area contributed by atoms with Crippen LogP contribution in [0.2, 0.25) is 0 Å². The molecule has 2 heterocycles. The summed E-state index contributed by atoms with van der Waals surface area (Å²) in [4.78, 5) is 20.1. The van der Waals surface area contributed by atoms with Crippen LogP contribution in [0.5, 0.6) is 11.5 Å². The van der Waals surface area contributed by atoms with Crippen LogP contribution >= 0.6 is 0 Å². The largest absolute Gasteiger partial charge is 0.497 e. The van der Waals surface area contributed by atoms with Crippen molar-refractivity contribution in [3.63, 3.8) is 0 Å². The zero-order valence-electron chi connectivity index (χ0n) is 25.7. The third-order valence-corrected chi connectivity index (χ3v) is 8.59. The van der Waals surface area contributed by atoms with Gasteiger partial charge in [-0.15, -0.1) is 0 Å². The predicted octanol–water partition coefficient (Wildman–Crippen LogP) is 9.06. The predicted molar refractivity (Wildman–Crippen MR) is 169 cm³/mol. The van der Waals surface area contributed by atoms with Gasteiger partial charge in [0.2, 0.25) is 5.91 Å². The number of nitrogens with zero attached hydrogens (tertiary/aromatic N) is 3. The van der Waals surface area contributed by atoms with E-state index in [2.05, 4.69) is 29.7 Å². The van der Waals surface area contributed by atoms with Gasteiger partial charge < -0.3 is 18.9 Å². The molecule has 1 aliphatic heterocycles. The molecular weight excluding hydrogens is 510 g/mol. The SMILES string of the molecule is CCCCCCCCCCCCCCCCn1c(C2CC(=O)N(c3cc(OC)ccc3OC)C2)nc2ccccc21. The number of hydrogen-bond acceptors (Lipinski definition) is 4. The van der Waals surface area contributed by atoms with Gasteiger partial charge in [0, 0.05) is 31.5 Å². The number of unbranched alkanes of at least 4 members (excludes halogenated alkanes) is 13. The van der Waals surface area contributed by atoms with Crippen LogP contribution in [0.25, 0.3) is 11.0 Å². The zero-order chi connectivity index (χ0) is 28.9. The molecule has 0 radical (unpaired) electrons. The fraction of sp³-hybridized carbons (Fsp3) is 0.600. The van der Waals surface area contributed by atoms with E-state index >= 15 is 0 Å². The van der Waals surface area contributed by atoms with E-state index in [1.807, 2.05) is 29.2 Å². The summed E-state index contributed by atoms with van der Waals surface area (Å²) in [5.74, 6) is 2.55. The van der Waals surface area contributed by atoms with Crippen LogP contribution in [0.1, 0.15) is 115 Å². The standard InChI is InChI=1S/C35H51N3O3/c1-4-5-6-7-8-9-10-11-12-13-14-15-16-19-24-37-31-21-18-17-20-30(31)36-35(37)28-25-34(39)38(27-28)32-26-29(40-2)22-23-33(32)41-3/h17-18,20-23,26,28H,4-16,19,24-25,27H2,1-3H3. The molecule has 1 saturated heterocycles. The average molecular weight is 562 g/mol. The number of rotatable bonds is 19. The molecule has 0 bridgehead atoms. The quantitative estimate of drug-likeness (QED) is 0.137. The maximum atomic E-state index is 13.2. The minimum Gasteiger partial charge on any atom is -0.497 e. The Hall–Kier alpha value is -3.02. The van der Waals surface area contributed by atoms with Crippen LogP contribution in [0.15, 0.2) is 42.5 Å². The molecule has 0 spiro atoms. The third-order valence-electron chi connectivity index (χ3n) is 8.59. The lowest BCUT2D eigenvalue weighted by Gasteiger charge is -2.20. The molecule has 0 saturated carbocycles. The summed E-state index contributed by atoms with van der Waals surface area (Å²) in [6, 6.07) is 14.0. The molecule has 2 aromatic carbocycles. The highest BCUT2D eigenvalue weighted by atomic mass is 16.5. The number of fused-ring (bicyclic) bond motifs is 1. The minimum atomic E-state index is 0.0393. The van der Waals surface area contributed by atoms with Gasteiger partial charge in [0.25, 0.3) is 0 Å². The first kappa shape index (κ1) is 30.9. The molecule has 1 unspecified atom stereocenters. The van der Waals surface area contributed by atoms with E-state index < -0.39 is 0 Å². The summed E-state index contributed by atoms with van der Waals surface area (Å²) < 4.78 is 13.4. The number of anilines is 1. The molecule has 0 N–H and O–H groups in total. The van der Waals surface area contributed by atoms with Crippen LogP contribution < -0.4 is 14.4 Å². The molecule has 224 valence electrons. The summed E-state index contributed by atoms with van der Waals surface area (Å²) in [5.41, 5.74) is 2.94. The number of para-hydroxylation sites is 2. The van der Waals surface area contributed by atoms with E-state index in [0.717, 1.165) is 30.0 Å². The summed E-state index contributed by atoms with van der Waals surface area (Å²) >= 11 is 0. The lowest BCUT2D eigenvalue weighted by Crippen LogP contribution is -2.25. The fourth-order valence-corrected chi connectivity index (χ4v) is 6.23. The van der Waals surface area contributed by atoms with Crippen LogP contribution in [-0.4, -0.2) is 36.2 Å². The Labute approximate surface area is 247 Å². The van der Waals surface area contributed by atoms with Crippen LogP contribution in [0, 0.1) is 0 Å². The Morgan fingerprint density at radius 2 is 1.44 bits per heavy atom. The molecule has 1 aliphatic rings. The normalized spacial score (nSPS) is 15.2. The van der Waals surface area contributed by atoms with Gasteiger partial charge in [-0.05, 0) is 30.7 Å². The minimum absolute atomic E-state index is 0.0393. The number of aryl methyl sites for hydroxylation is 1. The number of imidazole rings is 1.